The van der Waals surface area contributed by atoms with E-state index in [1.807, 2.05) is 18.5 Å². The summed E-state index contributed by atoms with van der Waals surface area (Å²) in [6.45, 7) is 9.45. The zero-order valence-corrected chi connectivity index (χ0v) is 12.9. The fourth-order valence-electron chi connectivity index (χ4n) is 2.71. The molecule has 1 heterocycles. The summed E-state index contributed by atoms with van der Waals surface area (Å²) in [5.74, 6) is -1.65. The molecule has 0 saturated carbocycles. The lowest BCUT2D eigenvalue weighted by atomic mass is 10.1. The van der Waals surface area contributed by atoms with Crippen molar-refractivity contribution in [3.05, 3.63) is 52.3 Å². The molecule has 1 unspecified atom stereocenters. The fraction of sp³-hybridized carbons (Fsp3) is 0.438. The lowest BCUT2D eigenvalue weighted by Gasteiger charge is -2.13. The van der Waals surface area contributed by atoms with E-state index in [1.54, 1.807) is 6.07 Å². The van der Waals surface area contributed by atoms with Crippen LogP contribution in [0.15, 0.2) is 18.2 Å². The number of rotatable bonds is 5. The van der Waals surface area contributed by atoms with Gasteiger partial charge in [-0.1, -0.05) is 13.0 Å². The van der Waals surface area contributed by atoms with E-state index in [0.717, 1.165) is 24.0 Å². The van der Waals surface area contributed by atoms with E-state index >= 15 is 0 Å². The number of aryl methyl sites for hydroxylation is 1. The number of benzene rings is 1. The predicted octanol–water partition coefficient (Wildman–Crippen LogP) is 3.50. The van der Waals surface area contributed by atoms with Gasteiger partial charge in [-0.3, -0.25) is 4.68 Å². The molecule has 0 aliphatic rings. The van der Waals surface area contributed by atoms with E-state index in [9.17, 15) is 8.78 Å². The monoisotopic (exact) mass is 293 g/mol. The topological polar surface area (TPSA) is 29.9 Å². The zero-order valence-electron chi connectivity index (χ0n) is 12.9. The van der Waals surface area contributed by atoms with Crippen molar-refractivity contribution in [1.29, 1.82) is 0 Å². The van der Waals surface area contributed by atoms with E-state index in [2.05, 4.69) is 24.3 Å². The van der Waals surface area contributed by atoms with Gasteiger partial charge in [0.2, 0.25) is 0 Å². The minimum atomic E-state index is -0.825. The Morgan fingerprint density at radius 1 is 1.24 bits per heavy atom. The zero-order chi connectivity index (χ0) is 15.6. The predicted molar refractivity (Wildman–Crippen MR) is 79.3 cm³/mol. The van der Waals surface area contributed by atoms with Crippen LogP contribution in [0.4, 0.5) is 8.78 Å². The molecule has 0 radical (unpaired) electrons. The number of hydrogen-bond acceptors (Lipinski definition) is 2. The minimum Gasteiger partial charge on any atom is -0.310 e. The minimum absolute atomic E-state index is 0.216. The van der Waals surface area contributed by atoms with Gasteiger partial charge in [-0.05, 0) is 45.0 Å². The van der Waals surface area contributed by atoms with Crippen LogP contribution in [0.25, 0.3) is 0 Å². The molecule has 1 atom stereocenters. The lowest BCUT2D eigenvalue weighted by molar-refractivity contribution is 0.505. The molecule has 0 spiro atoms. The van der Waals surface area contributed by atoms with Crippen molar-refractivity contribution in [1.82, 2.24) is 15.1 Å². The Kier molecular flexibility index (Phi) is 4.73. The molecule has 0 aliphatic carbocycles. The van der Waals surface area contributed by atoms with Gasteiger partial charge in [0.15, 0.2) is 11.6 Å². The molecule has 5 heteroatoms. The van der Waals surface area contributed by atoms with Crippen molar-refractivity contribution in [2.45, 2.75) is 40.3 Å². The molecule has 0 saturated heterocycles. The first kappa shape index (κ1) is 15.6. The molecule has 0 aliphatic heterocycles. The Morgan fingerprint density at radius 2 is 1.95 bits per heavy atom. The van der Waals surface area contributed by atoms with Crippen molar-refractivity contribution in [3.8, 4) is 0 Å². The van der Waals surface area contributed by atoms with Gasteiger partial charge in [-0.25, -0.2) is 8.78 Å². The average molecular weight is 293 g/mol. The number of hydrogen-bond donors (Lipinski definition) is 1. The molecular formula is C16H21F2N3. The first-order chi connectivity index (χ1) is 9.93. The van der Waals surface area contributed by atoms with Crippen molar-refractivity contribution in [3.63, 3.8) is 0 Å². The molecule has 3 nitrogen and oxygen atoms in total. The van der Waals surface area contributed by atoms with Crippen LogP contribution in [0, 0.1) is 25.5 Å². The summed E-state index contributed by atoms with van der Waals surface area (Å²) in [5, 5.41) is 7.90. The maximum Gasteiger partial charge on any atom is 0.159 e. The highest BCUT2D eigenvalue weighted by Gasteiger charge is 2.17. The van der Waals surface area contributed by atoms with Crippen LogP contribution in [0.1, 0.15) is 42.4 Å². The Morgan fingerprint density at radius 3 is 2.57 bits per heavy atom. The summed E-state index contributed by atoms with van der Waals surface area (Å²) in [6, 6.07) is 4.17. The first-order valence-corrected chi connectivity index (χ1v) is 7.15. The highest BCUT2D eigenvalue weighted by molar-refractivity contribution is 5.29. The van der Waals surface area contributed by atoms with Gasteiger partial charge in [0, 0.05) is 17.3 Å². The summed E-state index contributed by atoms with van der Waals surface area (Å²) in [7, 11) is 0. The molecule has 2 aromatic rings. The molecule has 2 rings (SSSR count). The summed E-state index contributed by atoms with van der Waals surface area (Å²) < 4.78 is 28.1. The quantitative estimate of drug-likeness (QED) is 0.914. The molecule has 1 aromatic carbocycles. The van der Waals surface area contributed by atoms with E-state index in [0.29, 0.717) is 12.1 Å². The lowest BCUT2D eigenvalue weighted by Crippen LogP contribution is -2.19. The average Bonchev–Trinajstić information content (AvgIpc) is 2.69. The van der Waals surface area contributed by atoms with Crippen molar-refractivity contribution >= 4 is 0 Å². The van der Waals surface area contributed by atoms with Gasteiger partial charge in [0.1, 0.15) is 0 Å². The molecule has 1 N–H and O–H groups in total. The maximum atomic E-state index is 13.3. The largest absolute Gasteiger partial charge is 0.310 e. The van der Waals surface area contributed by atoms with Crippen LogP contribution in [-0.2, 0) is 6.54 Å². The summed E-state index contributed by atoms with van der Waals surface area (Å²) in [6.07, 6.45) is 0. The van der Waals surface area contributed by atoms with E-state index in [4.69, 9.17) is 0 Å². The van der Waals surface area contributed by atoms with Gasteiger partial charge in [0.05, 0.1) is 12.2 Å². The van der Waals surface area contributed by atoms with Crippen LogP contribution in [0.3, 0.4) is 0 Å². The van der Waals surface area contributed by atoms with Gasteiger partial charge in [0.25, 0.3) is 0 Å². The number of halogens is 2. The van der Waals surface area contributed by atoms with E-state index < -0.39 is 11.6 Å². The summed E-state index contributed by atoms with van der Waals surface area (Å²) >= 11 is 0. The van der Waals surface area contributed by atoms with Crippen LogP contribution in [0.2, 0.25) is 0 Å². The Bertz CT molecular complexity index is 635. The second-order valence-corrected chi connectivity index (χ2v) is 5.27. The highest BCUT2D eigenvalue weighted by atomic mass is 19.2. The van der Waals surface area contributed by atoms with Gasteiger partial charge >= 0.3 is 0 Å². The molecular weight excluding hydrogens is 272 g/mol. The van der Waals surface area contributed by atoms with Crippen LogP contribution >= 0.6 is 0 Å². The first-order valence-electron chi connectivity index (χ1n) is 7.15. The Hall–Kier alpha value is -1.75. The van der Waals surface area contributed by atoms with Gasteiger partial charge in [-0.2, -0.15) is 5.10 Å². The molecule has 114 valence electrons. The second-order valence-electron chi connectivity index (χ2n) is 5.27. The van der Waals surface area contributed by atoms with E-state index in [1.165, 1.54) is 11.6 Å². The fourth-order valence-corrected chi connectivity index (χ4v) is 2.71. The third-order valence-electron chi connectivity index (χ3n) is 3.70. The molecule has 0 amide bonds. The molecule has 0 bridgehead atoms. The second kappa shape index (κ2) is 6.35. The number of aromatic nitrogens is 2. The van der Waals surface area contributed by atoms with Crippen LogP contribution in [0.5, 0.6) is 0 Å². The third-order valence-corrected chi connectivity index (χ3v) is 3.70. The third kappa shape index (κ3) is 3.29. The standard InChI is InChI=1S/C16H21F2N3/c1-5-19-10(2)16-11(3)20-21(12(16)4)9-13-6-7-14(17)15(18)8-13/h6-8,10,19H,5,9H2,1-4H3. The van der Waals surface area contributed by atoms with Crippen molar-refractivity contribution < 1.29 is 8.78 Å². The van der Waals surface area contributed by atoms with Crippen LogP contribution < -0.4 is 5.32 Å². The SMILES string of the molecule is CCNC(C)c1c(C)nn(Cc2ccc(F)c(F)c2)c1C. The van der Waals surface area contributed by atoms with Gasteiger partial charge in [-0.15, -0.1) is 0 Å². The van der Waals surface area contributed by atoms with Crippen LogP contribution in [-0.4, -0.2) is 16.3 Å². The number of nitrogens with zero attached hydrogens (tertiary/aromatic N) is 2. The molecule has 1 aromatic heterocycles. The Labute approximate surface area is 124 Å². The van der Waals surface area contributed by atoms with Gasteiger partial charge < -0.3 is 5.32 Å². The molecule has 21 heavy (non-hydrogen) atoms. The normalized spacial score (nSPS) is 12.7. The summed E-state index contributed by atoms with van der Waals surface area (Å²) in [5.41, 5.74) is 3.87. The maximum absolute atomic E-state index is 13.3. The van der Waals surface area contributed by atoms with E-state index in [-0.39, 0.29) is 6.04 Å². The Balaban J connectivity index is 2.28. The van der Waals surface area contributed by atoms with Crippen molar-refractivity contribution in [2.24, 2.45) is 0 Å². The smallest absolute Gasteiger partial charge is 0.159 e. The molecule has 0 fully saturated rings. The highest BCUT2D eigenvalue weighted by Crippen LogP contribution is 2.22. The van der Waals surface area contributed by atoms with Crippen molar-refractivity contribution in [2.75, 3.05) is 6.54 Å². The summed E-state index contributed by atoms with van der Waals surface area (Å²) in [4.78, 5) is 0. The number of nitrogens with one attached hydrogen (secondary N) is 1.